The first-order valence-corrected chi connectivity index (χ1v) is 8.62. The van der Waals surface area contributed by atoms with E-state index >= 15 is 0 Å². The molecule has 1 aromatic carbocycles. The summed E-state index contributed by atoms with van der Waals surface area (Å²) in [5.74, 6) is 1.27. The van der Waals surface area contributed by atoms with Gasteiger partial charge in [-0.25, -0.2) is 0 Å². The molecule has 132 valence electrons. The van der Waals surface area contributed by atoms with Gasteiger partial charge in [-0.05, 0) is 43.5 Å². The lowest BCUT2D eigenvalue weighted by atomic mass is 9.96. The van der Waals surface area contributed by atoms with Crippen molar-refractivity contribution in [2.24, 2.45) is 0 Å². The molecule has 24 heavy (non-hydrogen) atoms. The Morgan fingerprint density at radius 2 is 1.88 bits per heavy atom. The van der Waals surface area contributed by atoms with Crippen molar-refractivity contribution in [3.63, 3.8) is 0 Å². The van der Waals surface area contributed by atoms with Crippen LogP contribution in [0.2, 0.25) is 0 Å². The third kappa shape index (κ3) is 4.61. The van der Waals surface area contributed by atoms with Gasteiger partial charge in [0.1, 0.15) is 23.7 Å². The summed E-state index contributed by atoms with van der Waals surface area (Å²) in [7, 11) is 0. The predicted octanol–water partition coefficient (Wildman–Crippen LogP) is 1.65. The van der Waals surface area contributed by atoms with Crippen molar-refractivity contribution >= 4 is 5.91 Å². The first-order valence-electron chi connectivity index (χ1n) is 8.62. The Morgan fingerprint density at radius 1 is 1.17 bits per heavy atom. The minimum Gasteiger partial charge on any atom is -0.491 e. The molecule has 1 amide bonds. The normalized spacial score (nSPS) is 23.9. The van der Waals surface area contributed by atoms with Crippen LogP contribution in [-0.2, 0) is 9.53 Å². The Kier molecular flexibility index (Phi) is 5.58. The van der Waals surface area contributed by atoms with E-state index in [9.17, 15) is 9.90 Å². The van der Waals surface area contributed by atoms with E-state index in [0.717, 1.165) is 25.8 Å². The molecule has 1 atom stereocenters. The van der Waals surface area contributed by atoms with Gasteiger partial charge in [0.2, 0.25) is 0 Å². The van der Waals surface area contributed by atoms with E-state index in [4.69, 9.17) is 14.2 Å². The van der Waals surface area contributed by atoms with Gasteiger partial charge in [-0.3, -0.25) is 4.79 Å². The van der Waals surface area contributed by atoms with Crippen molar-refractivity contribution in [1.29, 1.82) is 0 Å². The fourth-order valence-electron chi connectivity index (χ4n) is 2.92. The van der Waals surface area contributed by atoms with Crippen molar-refractivity contribution in [2.75, 3.05) is 26.4 Å². The van der Waals surface area contributed by atoms with Gasteiger partial charge >= 0.3 is 0 Å². The highest BCUT2D eigenvalue weighted by Gasteiger charge is 2.30. The molecular weight excluding hydrogens is 310 g/mol. The quantitative estimate of drug-likeness (QED) is 0.856. The Labute approximate surface area is 142 Å². The first kappa shape index (κ1) is 17.0. The standard InChI is InChI=1S/C18H25NO5/c20-17-16(3-1-2-10-19-17)24-15-6-4-14(5-7-15)23-13-18(21)8-11-22-12-9-18/h4-7,16,21H,1-3,8-13H2,(H,19,20). The van der Waals surface area contributed by atoms with Crippen LogP contribution in [0.1, 0.15) is 32.1 Å². The summed E-state index contributed by atoms with van der Waals surface area (Å²) in [6.07, 6.45) is 3.45. The van der Waals surface area contributed by atoms with Crippen LogP contribution in [0.25, 0.3) is 0 Å². The Balaban J connectivity index is 1.52. The van der Waals surface area contributed by atoms with Gasteiger partial charge in [-0.15, -0.1) is 0 Å². The van der Waals surface area contributed by atoms with Crippen LogP contribution >= 0.6 is 0 Å². The van der Waals surface area contributed by atoms with E-state index in [2.05, 4.69) is 5.32 Å². The smallest absolute Gasteiger partial charge is 0.261 e. The average molecular weight is 335 g/mol. The zero-order chi connectivity index (χ0) is 16.8. The number of rotatable bonds is 5. The molecule has 0 aliphatic carbocycles. The maximum atomic E-state index is 11.9. The number of amides is 1. The highest BCUT2D eigenvalue weighted by Crippen LogP contribution is 2.24. The van der Waals surface area contributed by atoms with Crippen molar-refractivity contribution in [1.82, 2.24) is 5.32 Å². The van der Waals surface area contributed by atoms with Crippen molar-refractivity contribution < 1.29 is 24.1 Å². The summed E-state index contributed by atoms with van der Waals surface area (Å²) in [5, 5.41) is 13.2. The molecule has 2 heterocycles. The Morgan fingerprint density at radius 3 is 2.62 bits per heavy atom. The Bertz CT molecular complexity index is 539. The minimum atomic E-state index is -0.814. The zero-order valence-corrected chi connectivity index (χ0v) is 13.8. The summed E-state index contributed by atoms with van der Waals surface area (Å²) in [4.78, 5) is 11.9. The number of aliphatic hydroxyl groups is 1. The molecule has 0 spiro atoms. The number of carbonyl (C=O) groups is 1. The zero-order valence-electron chi connectivity index (χ0n) is 13.8. The van der Waals surface area contributed by atoms with Crippen LogP contribution in [0.5, 0.6) is 11.5 Å². The second kappa shape index (κ2) is 7.85. The van der Waals surface area contributed by atoms with E-state index in [1.807, 2.05) is 0 Å². The summed E-state index contributed by atoms with van der Waals surface area (Å²) in [5.41, 5.74) is -0.814. The van der Waals surface area contributed by atoms with E-state index in [1.54, 1.807) is 24.3 Å². The highest BCUT2D eigenvalue weighted by atomic mass is 16.5. The van der Waals surface area contributed by atoms with Gasteiger partial charge in [0.15, 0.2) is 6.10 Å². The third-order valence-corrected chi connectivity index (χ3v) is 4.52. The van der Waals surface area contributed by atoms with E-state index in [0.29, 0.717) is 37.6 Å². The molecule has 1 unspecified atom stereocenters. The van der Waals surface area contributed by atoms with Crippen molar-refractivity contribution in [2.45, 2.75) is 43.8 Å². The van der Waals surface area contributed by atoms with Gasteiger partial charge in [0.25, 0.3) is 5.91 Å². The summed E-state index contributed by atoms with van der Waals surface area (Å²) in [6.45, 7) is 2.10. The molecule has 0 aromatic heterocycles. The number of benzene rings is 1. The molecule has 2 aliphatic heterocycles. The third-order valence-electron chi connectivity index (χ3n) is 4.52. The number of hydrogen-bond acceptors (Lipinski definition) is 5. The molecule has 3 rings (SSSR count). The molecule has 0 saturated carbocycles. The highest BCUT2D eigenvalue weighted by molar-refractivity contribution is 5.81. The van der Waals surface area contributed by atoms with E-state index < -0.39 is 11.7 Å². The molecule has 2 aliphatic rings. The SMILES string of the molecule is O=C1NCCCCC1Oc1ccc(OCC2(O)CCOCC2)cc1. The summed E-state index contributed by atoms with van der Waals surface area (Å²) in [6, 6.07) is 7.18. The number of nitrogens with one attached hydrogen (secondary N) is 1. The van der Waals surface area contributed by atoms with Crippen LogP contribution < -0.4 is 14.8 Å². The van der Waals surface area contributed by atoms with Gasteiger partial charge in [0, 0.05) is 32.6 Å². The number of ether oxygens (including phenoxy) is 3. The van der Waals surface area contributed by atoms with Crippen LogP contribution in [-0.4, -0.2) is 49.1 Å². The predicted molar refractivity (Wildman–Crippen MR) is 88.2 cm³/mol. The molecule has 0 radical (unpaired) electrons. The number of hydrogen-bond donors (Lipinski definition) is 2. The summed E-state index contributed by atoms with van der Waals surface area (Å²) < 4.78 is 16.7. The van der Waals surface area contributed by atoms with E-state index in [1.165, 1.54) is 0 Å². The second-order valence-electron chi connectivity index (χ2n) is 6.49. The fraction of sp³-hybridized carbons (Fsp3) is 0.611. The van der Waals surface area contributed by atoms with Gasteiger partial charge in [0.05, 0.1) is 0 Å². The molecule has 2 saturated heterocycles. The molecule has 1 aromatic rings. The first-order chi connectivity index (χ1) is 11.6. The van der Waals surface area contributed by atoms with Gasteiger partial charge in [-0.1, -0.05) is 0 Å². The number of carbonyl (C=O) groups excluding carboxylic acids is 1. The average Bonchev–Trinajstić information content (AvgIpc) is 2.80. The maximum Gasteiger partial charge on any atom is 0.261 e. The van der Waals surface area contributed by atoms with Gasteiger partial charge < -0.3 is 24.6 Å². The van der Waals surface area contributed by atoms with Crippen LogP contribution in [0, 0.1) is 0 Å². The van der Waals surface area contributed by atoms with Crippen LogP contribution in [0.4, 0.5) is 0 Å². The fourth-order valence-corrected chi connectivity index (χ4v) is 2.92. The topological polar surface area (TPSA) is 77.0 Å². The lowest BCUT2D eigenvalue weighted by molar-refractivity contribution is -0.127. The largest absolute Gasteiger partial charge is 0.491 e. The van der Waals surface area contributed by atoms with Crippen molar-refractivity contribution in [3.8, 4) is 11.5 Å². The second-order valence-corrected chi connectivity index (χ2v) is 6.49. The van der Waals surface area contributed by atoms with Gasteiger partial charge in [-0.2, -0.15) is 0 Å². The molecular formula is C18H25NO5. The monoisotopic (exact) mass is 335 g/mol. The minimum absolute atomic E-state index is 0.0467. The molecule has 6 heteroatoms. The molecule has 6 nitrogen and oxygen atoms in total. The molecule has 2 fully saturated rings. The Hall–Kier alpha value is -1.79. The van der Waals surface area contributed by atoms with E-state index in [-0.39, 0.29) is 12.5 Å². The van der Waals surface area contributed by atoms with Crippen LogP contribution in [0.15, 0.2) is 24.3 Å². The molecule has 2 N–H and O–H groups in total. The maximum absolute atomic E-state index is 11.9. The lowest BCUT2D eigenvalue weighted by Gasteiger charge is -2.31. The molecule has 0 bridgehead atoms. The van der Waals surface area contributed by atoms with Crippen molar-refractivity contribution in [3.05, 3.63) is 24.3 Å². The van der Waals surface area contributed by atoms with Crippen LogP contribution in [0.3, 0.4) is 0 Å². The lowest BCUT2D eigenvalue weighted by Crippen LogP contribution is -2.41. The summed E-state index contributed by atoms with van der Waals surface area (Å²) >= 11 is 0.